The Morgan fingerprint density at radius 3 is 2.30 bits per heavy atom. The van der Waals surface area contributed by atoms with Crippen molar-refractivity contribution in [3.05, 3.63) is 29.3 Å². The topological polar surface area (TPSA) is 12.9 Å². The third-order valence-electron chi connectivity index (χ3n) is 1.06. The summed E-state index contributed by atoms with van der Waals surface area (Å²) >= 11 is 0. The summed E-state index contributed by atoms with van der Waals surface area (Å²) in [4.78, 5) is 2.66. The van der Waals surface area contributed by atoms with Gasteiger partial charge in [0, 0.05) is 5.56 Å². The number of hydrogen-bond donors (Lipinski definition) is 0. The van der Waals surface area contributed by atoms with Gasteiger partial charge < -0.3 is 0 Å². The van der Waals surface area contributed by atoms with Gasteiger partial charge in [0.2, 0.25) is 5.95 Å². The Morgan fingerprint density at radius 1 is 1.20 bits per heavy atom. The van der Waals surface area contributed by atoms with Crippen molar-refractivity contribution < 1.29 is 13.2 Å². The molecule has 0 aliphatic heterocycles. The average molecular weight is 147 g/mol. The van der Waals surface area contributed by atoms with E-state index in [1.165, 1.54) is 6.92 Å². The van der Waals surface area contributed by atoms with E-state index in [2.05, 4.69) is 4.98 Å². The number of hydrogen-bond acceptors (Lipinski definition) is 1. The van der Waals surface area contributed by atoms with Crippen molar-refractivity contribution in [2.24, 2.45) is 0 Å². The summed E-state index contributed by atoms with van der Waals surface area (Å²) in [6.45, 7) is 1.31. The fraction of sp³-hybridized carbons (Fsp3) is 0.167. The van der Waals surface area contributed by atoms with E-state index >= 15 is 0 Å². The second-order valence-corrected chi connectivity index (χ2v) is 1.87. The minimum Gasteiger partial charge on any atom is -0.202 e. The van der Waals surface area contributed by atoms with Crippen LogP contribution in [0, 0.1) is 24.6 Å². The molecule has 1 heterocycles. The van der Waals surface area contributed by atoms with Crippen LogP contribution in [-0.2, 0) is 0 Å². The Hall–Kier alpha value is -1.06. The molecule has 0 aromatic carbocycles. The van der Waals surface area contributed by atoms with Crippen LogP contribution in [0.25, 0.3) is 0 Å². The van der Waals surface area contributed by atoms with E-state index in [4.69, 9.17) is 0 Å². The Balaban J connectivity index is 3.28. The second-order valence-electron chi connectivity index (χ2n) is 1.87. The highest BCUT2D eigenvalue weighted by Gasteiger charge is 2.06. The minimum atomic E-state index is -1.40. The molecule has 0 saturated carbocycles. The smallest absolute Gasteiger partial charge is 0.202 e. The lowest BCUT2D eigenvalue weighted by Gasteiger charge is -1.94. The summed E-state index contributed by atoms with van der Waals surface area (Å²) in [6.07, 6.45) is 0. The van der Waals surface area contributed by atoms with Gasteiger partial charge in [-0.2, -0.15) is 13.8 Å². The second kappa shape index (κ2) is 2.28. The van der Waals surface area contributed by atoms with E-state index in [1.807, 2.05) is 0 Å². The molecule has 0 amide bonds. The number of halogens is 3. The van der Waals surface area contributed by atoms with Crippen molar-refractivity contribution in [3.63, 3.8) is 0 Å². The zero-order chi connectivity index (χ0) is 7.72. The van der Waals surface area contributed by atoms with Gasteiger partial charge in [0.1, 0.15) is 0 Å². The molecule has 1 aromatic rings. The molecule has 1 rings (SSSR count). The largest absolute Gasteiger partial charge is 0.251 e. The molecule has 0 fully saturated rings. The number of pyridine rings is 1. The lowest BCUT2D eigenvalue weighted by Crippen LogP contribution is -1.95. The monoisotopic (exact) mass is 147 g/mol. The van der Waals surface area contributed by atoms with Crippen LogP contribution in [0.4, 0.5) is 13.2 Å². The molecule has 0 radical (unpaired) electrons. The first-order chi connectivity index (χ1) is 4.61. The van der Waals surface area contributed by atoms with E-state index in [0.717, 1.165) is 6.07 Å². The summed E-state index contributed by atoms with van der Waals surface area (Å²) in [5.41, 5.74) is -0.00102. The highest BCUT2D eigenvalue weighted by atomic mass is 19.2. The molecule has 0 aliphatic carbocycles. The molecule has 54 valence electrons. The average Bonchev–Trinajstić information content (AvgIpc) is 1.84. The van der Waals surface area contributed by atoms with E-state index in [0.29, 0.717) is 0 Å². The molecule has 0 unspecified atom stereocenters. The first kappa shape index (κ1) is 7.05. The van der Waals surface area contributed by atoms with Crippen LogP contribution < -0.4 is 0 Å². The fourth-order valence-corrected chi connectivity index (χ4v) is 0.537. The third kappa shape index (κ3) is 1.10. The quantitative estimate of drug-likeness (QED) is 0.510. The summed E-state index contributed by atoms with van der Waals surface area (Å²) in [5.74, 6) is -3.50. The van der Waals surface area contributed by atoms with E-state index < -0.39 is 17.7 Å². The summed E-state index contributed by atoms with van der Waals surface area (Å²) in [5, 5.41) is 0. The van der Waals surface area contributed by atoms with Gasteiger partial charge in [-0.05, 0) is 13.0 Å². The van der Waals surface area contributed by atoms with E-state index in [1.54, 1.807) is 0 Å². The number of aryl methyl sites for hydroxylation is 1. The molecule has 0 aliphatic rings. The highest BCUT2D eigenvalue weighted by molar-refractivity contribution is 5.10. The van der Waals surface area contributed by atoms with Gasteiger partial charge in [-0.3, -0.25) is 0 Å². The van der Waals surface area contributed by atoms with Gasteiger partial charge in [0.15, 0.2) is 5.82 Å². The van der Waals surface area contributed by atoms with Gasteiger partial charge >= 0.3 is 0 Å². The number of nitrogens with zero attached hydrogens (tertiary/aromatic N) is 1. The normalized spacial score (nSPS) is 10.0. The Labute approximate surface area is 55.5 Å². The molecule has 4 heteroatoms. The fourth-order valence-electron chi connectivity index (χ4n) is 0.537. The molecular formula is C6H4F3N. The maximum atomic E-state index is 12.2. The van der Waals surface area contributed by atoms with Gasteiger partial charge in [0.05, 0.1) is 0 Å². The van der Waals surface area contributed by atoms with Gasteiger partial charge in [-0.15, -0.1) is 0 Å². The Morgan fingerprint density at radius 2 is 1.80 bits per heavy atom. The van der Waals surface area contributed by atoms with Gasteiger partial charge in [0.25, 0.3) is 5.95 Å². The highest BCUT2D eigenvalue weighted by Crippen LogP contribution is 2.07. The number of rotatable bonds is 0. The molecule has 1 aromatic heterocycles. The molecule has 0 saturated heterocycles. The van der Waals surface area contributed by atoms with Crippen LogP contribution >= 0.6 is 0 Å². The van der Waals surface area contributed by atoms with E-state index in [-0.39, 0.29) is 5.56 Å². The van der Waals surface area contributed by atoms with Crippen LogP contribution in [0.3, 0.4) is 0 Å². The molecule has 0 atom stereocenters. The standard InChI is InChI=1S/C6H4F3N/c1-3-2-4(7)6(9)10-5(3)8/h2H,1H3. The van der Waals surface area contributed by atoms with Crippen molar-refractivity contribution in [3.8, 4) is 0 Å². The molecule has 10 heavy (non-hydrogen) atoms. The molecule has 0 bridgehead atoms. The summed E-state index contributed by atoms with van der Waals surface area (Å²) in [7, 11) is 0. The molecular weight excluding hydrogens is 143 g/mol. The minimum absolute atomic E-state index is 0.00102. The predicted molar refractivity (Wildman–Crippen MR) is 28.8 cm³/mol. The Kier molecular flexibility index (Phi) is 1.61. The maximum absolute atomic E-state index is 12.2. The molecule has 0 N–H and O–H groups in total. The number of aromatic nitrogens is 1. The lowest BCUT2D eigenvalue weighted by molar-refractivity contribution is 0.443. The van der Waals surface area contributed by atoms with E-state index in [9.17, 15) is 13.2 Å². The molecule has 0 spiro atoms. The van der Waals surface area contributed by atoms with Crippen LogP contribution in [0.2, 0.25) is 0 Å². The van der Waals surface area contributed by atoms with Crippen molar-refractivity contribution in [1.82, 2.24) is 4.98 Å². The van der Waals surface area contributed by atoms with Crippen molar-refractivity contribution in [1.29, 1.82) is 0 Å². The predicted octanol–water partition coefficient (Wildman–Crippen LogP) is 1.81. The van der Waals surface area contributed by atoms with Crippen LogP contribution in [0.1, 0.15) is 5.56 Å². The molecule has 1 nitrogen and oxygen atoms in total. The SMILES string of the molecule is Cc1cc(F)c(F)nc1F. The zero-order valence-electron chi connectivity index (χ0n) is 5.16. The first-order valence-electron chi connectivity index (χ1n) is 2.59. The van der Waals surface area contributed by atoms with Crippen LogP contribution in [-0.4, -0.2) is 4.98 Å². The Bertz CT molecular complexity index is 209. The van der Waals surface area contributed by atoms with Crippen molar-refractivity contribution >= 4 is 0 Å². The van der Waals surface area contributed by atoms with Crippen molar-refractivity contribution in [2.45, 2.75) is 6.92 Å². The van der Waals surface area contributed by atoms with Crippen LogP contribution in [0.5, 0.6) is 0 Å². The zero-order valence-corrected chi connectivity index (χ0v) is 5.16. The van der Waals surface area contributed by atoms with Crippen LogP contribution in [0.15, 0.2) is 6.07 Å². The summed E-state index contributed by atoms with van der Waals surface area (Å²) < 4.78 is 36.4. The maximum Gasteiger partial charge on any atom is 0.251 e. The third-order valence-corrected chi connectivity index (χ3v) is 1.06. The lowest BCUT2D eigenvalue weighted by atomic mass is 10.3. The first-order valence-corrected chi connectivity index (χ1v) is 2.59. The summed E-state index contributed by atoms with van der Waals surface area (Å²) in [6, 6.07) is 0.762. The van der Waals surface area contributed by atoms with Gasteiger partial charge in [-0.25, -0.2) is 4.39 Å². The van der Waals surface area contributed by atoms with Gasteiger partial charge in [-0.1, -0.05) is 0 Å². The van der Waals surface area contributed by atoms with Crippen molar-refractivity contribution in [2.75, 3.05) is 0 Å².